The Morgan fingerprint density at radius 3 is 2.43 bits per heavy atom. The molecule has 0 aliphatic heterocycles. The number of ether oxygens (including phenoxy) is 1. The molecule has 1 amide bonds. The number of nitrogens with zero attached hydrogens (tertiary/aromatic N) is 3. The number of hydrogen-bond acceptors (Lipinski definition) is 5. The number of amides is 1. The SMILES string of the molecule is Cc1cc2nn(-c3cccc4ccccc34)nc2cc1NC(=S)NC(=O)c1ccc(OCC(C)C)cc1. The van der Waals surface area contributed by atoms with Crippen molar-refractivity contribution in [3.63, 3.8) is 0 Å². The Bertz CT molecular complexity index is 1600. The van der Waals surface area contributed by atoms with E-state index in [4.69, 9.17) is 27.2 Å². The van der Waals surface area contributed by atoms with Gasteiger partial charge in [-0.15, -0.1) is 15.0 Å². The van der Waals surface area contributed by atoms with Gasteiger partial charge in [-0.25, -0.2) is 0 Å². The molecule has 1 heterocycles. The van der Waals surface area contributed by atoms with Crippen molar-refractivity contribution in [2.24, 2.45) is 5.92 Å². The van der Waals surface area contributed by atoms with Crippen molar-refractivity contribution >= 4 is 50.7 Å². The third-order valence-electron chi connectivity index (χ3n) is 5.88. The summed E-state index contributed by atoms with van der Waals surface area (Å²) in [5.41, 5.74) is 4.56. The van der Waals surface area contributed by atoms with E-state index in [0.717, 1.165) is 39.0 Å². The molecule has 2 N–H and O–H groups in total. The molecule has 186 valence electrons. The van der Waals surface area contributed by atoms with Crippen molar-refractivity contribution in [1.29, 1.82) is 0 Å². The van der Waals surface area contributed by atoms with Crippen LogP contribution < -0.4 is 15.4 Å². The molecule has 0 fully saturated rings. The molecule has 0 saturated carbocycles. The number of nitrogens with one attached hydrogen (secondary N) is 2. The van der Waals surface area contributed by atoms with E-state index in [1.807, 2.05) is 43.3 Å². The van der Waals surface area contributed by atoms with E-state index in [9.17, 15) is 4.79 Å². The second-order valence-corrected chi connectivity index (χ2v) is 9.69. The Morgan fingerprint density at radius 2 is 1.68 bits per heavy atom. The smallest absolute Gasteiger partial charge is 0.257 e. The van der Waals surface area contributed by atoms with Crippen LogP contribution in [0.1, 0.15) is 29.8 Å². The summed E-state index contributed by atoms with van der Waals surface area (Å²) in [6.07, 6.45) is 0. The third-order valence-corrected chi connectivity index (χ3v) is 6.09. The molecule has 0 unspecified atom stereocenters. The Morgan fingerprint density at radius 1 is 0.973 bits per heavy atom. The number of fused-ring (bicyclic) bond motifs is 2. The van der Waals surface area contributed by atoms with Crippen molar-refractivity contribution in [2.45, 2.75) is 20.8 Å². The Labute approximate surface area is 220 Å². The van der Waals surface area contributed by atoms with Gasteiger partial charge in [0.05, 0.1) is 12.3 Å². The molecule has 1 aromatic heterocycles. The molecule has 0 spiro atoms. The number of aromatic nitrogens is 3. The molecule has 0 aliphatic rings. The molecule has 0 radical (unpaired) electrons. The lowest BCUT2D eigenvalue weighted by molar-refractivity contribution is 0.0977. The minimum Gasteiger partial charge on any atom is -0.493 e. The highest BCUT2D eigenvalue weighted by molar-refractivity contribution is 7.80. The van der Waals surface area contributed by atoms with Crippen LogP contribution in [-0.2, 0) is 0 Å². The van der Waals surface area contributed by atoms with Crippen LogP contribution in [0.3, 0.4) is 0 Å². The molecular weight excluding hydrogens is 482 g/mol. The fraction of sp³-hybridized carbons (Fsp3) is 0.172. The zero-order chi connectivity index (χ0) is 25.9. The van der Waals surface area contributed by atoms with E-state index in [-0.39, 0.29) is 11.0 Å². The second-order valence-electron chi connectivity index (χ2n) is 9.28. The van der Waals surface area contributed by atoms with E-state index in [0.29, 0.717) is 23.6 Å². The van der Waals surface area contributed by atoms with Crippen LogP contribution in [0.2, 0.25) is 0 Å². The maximum absolute atomic E-state index is 12.7. The van der Waals surface area contributed by atoms with Crippen molar-refractivity contribution < 1.29 is 9.53 Å². The van der Waals surface area contributed by atoms with Gasteiger partial charge in [-0.1, -0.05) is 50.2 Å². The molecule has 0 atom stereocenters. The number of hydrogen-bond donors (Lipinski definition) is 2. The lowest BCUT2D eigenvalue weighted by Crippen LogP contribution is -2.34. The number of carbonyl (C=O) groups excluding carboxylic acids is 1. The minimum absolute atomic E-state index is 0.203. The summed E-state index contributed by atoms with van der Waals surface area (Å²) in [4.78, 5) is 14.3. The predicted octanol–water partition coefficient (Wildman–Crippen LogP) is 6.04. The molecular formula is C29H27N5O2S. The first-order valence-corrected chi connectivity index (χ1v) is 12.5. The number of rotatable bonds is 6. The number of benzene rings is 4. The Hall–Kier alpha value is -4.30. The summed E-state index contributed by atoms with van der Waals surface area (Å²) in [7, 11) is 0. The standard InChI is InChI=1S/C29H27N5O2S/c1-18(2)17-36-22-13-11-21(12-14-22)28(35)31-29(37)30-24-16-26-25(15-19(24)3)32-34(33-26)27-10-6-8-20-7-4-5-9-23(20)27/h4-16,18H,17H2,1-3H3,(H2,30,31,35,37). The number of anilines is 1. The van der Waals surface area contributed by atoms with Gasteiger partial charge in [-0.05, 0) is 78.5 Å². The van der Waals surface area contributed by atoms with Gasteiger partial charge in [0.15, 0.2) is 5.11 Å². The maximum atomic E-state index is 12.7. The fourth-order valence-electron chi connectivity index (χ4n) is 3.99. The first-order valence-electron chi connectivity index (χ1n) is 12.1. The average Bonchev–Trinajstić information content (AvgIpc) is 3.30. The molecule has 7 nitrogen and oxygen atoms in total. The van der Waals surface area contributed by atoms with Crippen molar-refractivity contribution in [3.05, 3.63) is 90.0 Å². The average molecular weight is 510 g/mol. The molecule has 0 saturated heterocycles. The first-order chi connectivity index (χ1) is 17.9. The second kappa shape index (κ2) is 10.4. The predicted molar refractivity (Wildman–Crippen MR) is 152 cm³/mol. The molecule has 8 heteroatoms. The van der Waals surface area contributed by atoms with E-state index in [1.165, 1.54) is 0 Å². The first kappa shape index (κ1) is 24.4. The lowest BCUT2D eigenvalue weighted by atomic mass is 10.1. The van der Waals surface area contributed by atoms with E-state index < -0.39 is 0 Å². The quantitative estimate of drug-likeness (QED) is 0.272. The normalized spacial score (nSPS) is 11.1. The number of thiocarbonyl (C=S) groups is 1. The van der Waals surface area contributed by atoms with Gasteiger partial charge in [0, 0.05) is 16.6 Å². The van der Waals surface area contributed by atoms with E-state index >= 15 is 0 Å². The number of aryl methyl sites for hydroxylation is 1. The zero-order valence-corrected chi connectivity index (χ0v) is 21.7. The van der Waals surface area contributed by atoms with Crippen LogP contribution in [0.5, 0.6) is 5.75 Å². The summed E-state index contributed by atoms with van der Waals surface area (Å²) < 4.78 is 5.68. The van der Waals surface area contributed by atoms with Gasteiger partial charge in [0.1, 0.15) is 16.8 Å². The summed E-state index contributed by atoms with van der Waals surface area (Å²) in [5, 5.41) is 17.7. The van der Waals surface area contributed by atoms with Crippen LogP contribution in [0.25, 0.3) is 27.5 Å². The van der Waals surface area contributed by atoms with Crippen LogP contribution in [0.4, 0.5) is 5.69 Å². The molecule has 5 rings (SSSR count). The van der Waals surface area contributed by atoms with E-state index in [2.05, 4.69) is 42.7 Å². The molecule has 0 aliphatic carbocycles. The Balaban J connectivity index is 1.31. The summed E-state index contributed by atoms with van der Waals surface area (Å²) in [5.74, 6) is 0.858. The summed E-state index contributed by atoms with van der Waals surface area (Å²) in [6.45, 7) is 6.75. The van der Waals surface area contributed by atoms with Crippen LogP contribution in [-0.4, -0.2) is 32.6 Å². The highest BCUT2D eigenvalue weighted by Crippen LogP contribution is 2.25. The van der Waals surface area contributed by atoms with Crippen LogP contribution in [0.15, 0.2) is 78.9 Å². The van der Waals surface area contributed by atoms with Crippen molar-refractivity contribution in [1.82, 2.24) is 20.3 Å². The van der Waals surface area contributed by atoms with Gasteiger partial charge < -0.3 is 10.1 Å². The lowest BCUT2D eigenvalue weighted by Gasteiger charge is -2.12. The highest BCUT2D eigenvalue weighted by atomic mass is 32.1. The molecule has 0 bridgehead atoms. The van der Waals surface area contributed by atoms with Crippen molar-refractivity contribution in [3.8, 4) is 11.4 Å². The largest absolute Gasteiger partial charge is 0.493 e. The Kier molecular flexibility index (Phi) is 6.83. The topological polar surface area (TPSA) is 81.1 Å². The fourth-order valence-corrected chi connectivity index (χ4v) is 4.19. The van der Waals surface area contributed by atoms with Gasteiger partial charge in [0.25, 0.3) is 5.91 Å². The molecule has 4 aromatic carbocycles. The number of carbonyl (C=O) groups is 1. The van der Waals surface area contributed by atoms with Crippen molar-refractivity contribution in [2.75, 3.05) is 11.9 Å². The minimum atomic E-state index is -0.298. The van der Waals surface area contributed by atoms with Crippen LogP contribution >= 0.6 is 12.2 Å². The zero-order valence-electron chi connectivity index (χ0n) is 20.9. The summed E-state index contributed by atoms with van der Waals surface area (Å²) >= 11 is 5.42. The van der Waals surface area contributed by atoms with Gasteiger partial charge in [-0.3, -0.25) is 10.1 Å². The van der Waals surface area contributed by atoms with E-state index in [1.54, 1.807) is 29.1 Å². The monoisotopic (exact) mass is 509 g/mol. The van der Waals surface area contributed by atoms with Gasteiger partial charge in [0.2, 0.25) is 0 Å². The van der Waals surface area contributed by atoms with Gasteiger partial charge in [-0.2, -0.15) is 0 Å². The van der Waals surface area contributed by atoms with Crippen LogP contribution in [0, 0.1) is 12.8 Å². The van der Waals surface area contributed by atoms with Gasteiger partial charge >= 0.3 is 0 Å². The summed E-state index contributed by atoms with van der Waals surface area (Å²) in [6, 6.07) is 25.1. The maximum Gasteiger partial charge on any atom is 0.257 e. The highest BCUT2D eigenvalue weighted by Gasteiger charge is 2.13. The molecule has 5 aromatic rings. The third kappa shape index (κ3) is 5.44. The molecule has 37 heavy (non-hydrogen) atoms.